The van der Waals surface area contributed by atoms with Crippen LogP contribution in [0.4, 0.5) is 0 Å². The summed E-state index contributed by atoms with van der Waals surface area (Å²) in [6, 6.07) is 5.62. The number of hydrogen-bond donors (Lipinski definition) is 2. The Bertz CT molecular complexity index is 399. The van der Waals surface area contributed by atoms with Gasteiger partial charge in [0.25, 0.3) is 0 Å². The highest BCUT2D eigenvalue weighted by Gasteiger charge is 2.02. The van der Waals surface area contributed by atoms with Gasteiger partial charge in [0.05, 0.1) is 11.2 Å². The van der Waals surface area contributed by atoms with E-state index in [1.54, 1.807) is 17.8 Å². The molecule has 0 saturated heterocycles. The van der Waals surface area contributed by atoms with Crippen molar-refractivity contribution in [2.75, 3.05) is 6.26 Å². The summed E-state index contributed by atoms with van der Waals surface area (Å²) in [5, 5.41) is 7.86. The highest BCUT2D eigenvalue weighted by molar-refractivity contribution is 7.98. The van der Waals surface area contributed by atoms with Crippen molar-refractivity contribution < 1.29 is 0 Å². The fourth-order valence-electron chi connectivity index (χ4n) is 0.974. The van der Waals surface area contributed by atoms with Gasteiger partial charge in [0, 0.05) is 10.5 Å². The predicted molar refractivity (Wildman–Crippen MR) is 66.6 cm³/mol. The number of nitrogens with two attached hydrogens (primary N) is 2. The van der Waals surface area contributed by atoms with Gasteiger partial charge in [0.1, 0.15) is 0 Å². The van der Waals surface area contributed by atoms with Crippen LogP contribution >= 0.6 is 23.4 Å². The van der Waals surface area contributed by atoms with Gasteiger partial charge in [0.15, 0.2) is 0 Å². The average Bonchev–Trinajstić information content (AvgIpc) is 2.20. The molecular formula is C9H11ClN4S. The molecule has 80 valence electrons. The molecule has 4 nitrogen and oxygen atoms in total. The van der Waals surface area contributed by atoms with Gasteiger partial charge in [-0.1, -0.05) is 17.7 Å². The maximum absolute atomic E-state index is 6.01. The topological polar surface area (TPSA) is 76.8 Å². The molecule has 0 fully saturated rings. The van der Waals surface area contributed by atoms with Crippen molar-refractivity contribution in [1.29, 1.82) is 0 Å². The summed E-state index contributed by atoms with van der Waals surface area (Å²) in [6.45, 7) is 0. The number of nitrogens with zero attached hydrogens (tertiary/aromatic N) is 2. The summed E-state index contributed by atoms with van der Waals surface area (Å²) in [7, 11) is 0. The van der Waals surface area contributed by atoms with Crippen LogP contribution in [0.3, 0.4) is 0 Å². The third-order valence-electron chi connectivity index (χ3n) is 1.59. The monoisotopic (exact) mass is 242 g/mol. The molecule has 0 aliphatic rings. The van der Waals surface area contributed by atoms with Crippen molar-refractivity contribution in [3.63, 3.8) is 0 Å². The first-order valence-electron chi connectivity index (χ1n) is 4.09. The smallest absolute Gasteiger partial charge is 0.211 e. The third kappa shape index (κ3) is 3.45. The second kappa shape index (κ2) is 5.63. The summed E-state index contributed by atoms with van der Waals surface area (Å²) < 4.78 is 0. The number of halogens is 1. The summed E-state index contributed by atoms with van der Waals surface area (Å²) >= 11 is 7.59. The van der Waals surface area contributed by atoms with Crippen LogP contribution in [0.15, 0.2) is 33.3 Å². The van der Waals surface area contributed by atoms with E-state index in [-0.39, 0.29) is 5.96 Å². The van der Waals surface area contributed by atoms with Crippen molar-refractivity contribution >= 4 is 35.5 Å². The number of hydrogen-bond acceptors (Lipinski definition) is 3. The van der Waals surface area contributed by atoms with Crippen LogP contribution in [-0.4, -0.2) is 18.4 Å². The fraction of sp³-hybridized carbons (Fsp3) is 0.111. The molecule has 0 aliphatic heterocycles. The Hall–Kier alpha value is -1.20. The lowest BCUT2D eigenvalue weighted by atomic mass is 10.2. The number of rotatable bonds is 3. The Labute approximate surface area is 97.4 Å². The van der Waals surface area contributed by atoms with Gasteiger partial charge in [-0.3, -0.25) is 0 Å². The minimum atomic E-state index is -0.0796. The molecule has 1 rings (SSSR count). The number of thioether (sulfide) groups is 1. The molecule has 0 radical (unpaired) electrons. The molecule has 0 atom stereocenters. The van der Waals surface area contributed by atoms with Crippen molar-refractivity contribution in [1.82, 2.24) is 0 Å². The van der Waals surface area contributed by atoms with Crippen molar-refractivity contribution in [3.05, 3.63) is 28.8 Å². The van der Waals surface area contributed by atoms with Crippen molar-refractivity contribution in [2.45, 2.75) is 4.90 Å². The lowest BCUT2D eigenvalue weighted by Crippen LogP contribution is -2.21. The SMILES string of the molecule is CSc1cccc(Cl)c1C=NN=C(N)N. The Balaban J connectivity index is 3.02. The van der Waals surface area contributed by atoms with Crippen molar-refractivity contribution in [2.24, 2.45) is 21.7 Å². The molecule has 0 unspecified atom stereocenters. The van der Waals surface area contributed by atoms with Gasteiger partial charge in [0.2, 0.25) is 5.96 Å². The standard InChI is InChI=1S/C9H11ClN4S/c1-15-8-4-2-3-7(10)6(8)5-13-14-9(11)12/h2-5H,1H3,(H4,11,12,14). The normalized spacial score (nSPS) is 10.5. The molecule has 0 amide bonds. The molecule has 15 heavy (non-hydrogen) atoms. The zero-order valence-corrected chi connectivity index (χ0v) is 9.72. The Morgan fingerprint density at radius 3 is 2.80 bits per heavy atom. The molecule has 4 N–H and O–H groups in total. The maximum atomic E-state index is 6.01. The summed E-state index contributed by atoms with van der Waals surface area (Å²) in [6.07, 6.45) is 3.50. The van der Waals surface area contributed by atoms with Crippen LogP contribution in [0.2, 0.25) is 5.02 Å². The molecule has 6 heteroatoms. The van der Waals surface area contributed by atoms with E-state index >= 15 is 0 Å². The summed E-state index contributed by atoms with van der Waals surface area (Å²) in [5.41, 5.74) is 11.1. The molecule has 1 aromatic rings. The van der Waals surface area contributed by atoms with E-state index in [0.717, 1.165) is 10.5 Å². The van der Waals surface area contributed by atoms with Gasteiger partial charge >= 0.3 is 0 Å². The van der Waals surface area contributed by atoms with Crippen LogP contribution in [0.25, 0.3) is 0 Å². The van der Waals surface area contributed by atoms with E-state index in [9.17, 15) is 0 Å². The van der Waals surface area contributed by atoms with Gasteiger partial charge in [-0.05, 0) is 18.4 Å². The molecule has 0 heterocycles. The molecule has 0 spiro atoms. The van der Waals surface area contributed by atoms with E-state index in [1.165, 1.54) is 6.21 Å². The van der Waals surface area contributed by atoms with Crippen LogP contribution in [0.5, 0.6) is 0 Å². The highest BCUT2D eigenvalue weighted by Crippen LogP contribution is 2.25. The van der Waals surface area contributed by atoms with Crippen LogP contribution < -0.4 is 11.5 Å². The Morgan fingerprint density at radius 1 is 1.47 bits per heavy atom. The second-order valence-corrected chi connectivity index (χ2v) is 3.88. The van der Waals surface area contributed by atoms with E-state index in [1.807, 2.05) is 18.4 Å². The van der Waals surface area contributed by atoms with Crippen LogP contribution in [-0.2, 0) is 0 Å². The maximum Gasteiger partial charge on any atom is 0.211 e. The Morgan fingerprint density at radius 2 is 2.20 bits per heavy atom. The zero-order valence-electron chi connectivity index (χ0n) is 8.14. The summed E-state index contributed by atoms with van der Waals surface area (Å²) in [5.74, 6) is -0.0796. The first-order valence-corrected chi connectivity index (χ1v) is 5.70. The van der Waals surface area contributed by atoms with E-state index in [0.29, 0.717) is 5.02 Å². The average molecular weight is 243 g/mol. The number of benzene rings is 1. The minimum Gasteiger partial charge on any atom is -0.369 e. The largest absolute Gasteiger partial charge is 0.369 e. The van der Waals surface area contributed by atoms with Crippen molar-refractivity contribution in [3.8, 4) is 0 Å². The van der Waals surface area contributed by atoms with E-state index in [4.69, 9.17) is 23.1 Å². The van der Waals surface area contributed by atoms with Gasteiger partial charge in [-0.25, -0.2) is 0 Å². The van der Waals surface area contributed by atoms with Gasteiger partial charge < -0.3 is 11.5 Å². The van der Waals surface area contributed by atoms with Crippen LogP contribution in [0.1, 0.15) is 5.56 Å². The molecule has 0 saturated carbocycles. The third-order valence-corrected chi connectivity index (χ3v) is 2.72. The first kappa shape index (κ1) is 11.9. The molecule has 0 bridgehead atoms. The number of guanidine groups is 1. The lowest BCUT2D eigenvalue weighted by Gasteiger charge is -2.02. The molecule has 0 aromatic heterocycles. The minimum absolute atomic E-state index is 0.0796. The first-order chi connectivity index (χ1) is 7.15. The predicted octanol–water partition coefficient (Wildman–Crippen LogP) is 1.67. The molecular weight excluding hydrogens is 232 g/mol. The van der Waals surface area contributed by atoms with Gasteiger partial charge in [-0.15, -0.1) is 16.9 Å². The van der Waals surface area contributed by atoms with Crippen LogP contribution in [0, 0.1) is 0 Å². The summed E-state index contributed by atoms with van der Waals surface area (Å²) in [4.78, 5) is 1.03. The van der Waals surface area contributed by atoms with E-state index in [2.05, 4.69) is 10.2 Å². The molecule has 0 aliphatic carbocycles. The van der Waals surface area contributed by atoms with E-state index < -0.39 is 0 Å². The fourth-order valence-corrected chi connectivity index (χ4v) is 1.85. The highest BCUT2D eigenvalue weighted by atomic mass is 35.5. The van der Waals surface area contributed by atoms with Gasteiger partial charge in [-0.2, -0.15) is 5.10 Å². The second-order valence-electron chi connectivity index (χ2n) is 2.63. The quantitative estimate of drug-likeness (QED) is 0.366. The zero-order chi connectivity index (χ0) is 11.3. The lowest BCUT2D eigenvalue weighted by molar-refractivity contribution is 1.21. The molecule has 1 aromatic carbocycles. The Kier molecular flexibility index (Phi) is 4.45.